The molecule has 37 heavy (non-hydrogen) atoms. The Kier molecular flexibility index (Phi) is 30.3. The van der Waals surface area contributed by atoms with Crippen molar-refractivity contribution in [1.29, 1.82) is 0 Å². The Morgan fingerprint density at radius 3 is 0.622 bits per heavy atom. The number of hydrogen-bond acceptors (Lipinski definition) is 2. The van der Waals surface area contributed by atoms with Crippen LogP contribution < -0.4 is 0 Å². The van der Waals surface area contributed by atoms with Crippen LogP contribution in [0.2, 0.25) is 0 Å². The van der Waals surface area contributed by atoms with E-state index in [9.17, 15) is 0 Å². The van der Waals surface area contributed by atoms with Gasteiger partial charge in [0.25, 0.3) is 0 Å². The number of quaternary nitrogens is 1. The van der Waals surface area contributed by atoms with Crippen LogP contribution in [-0.4, -0.2) is 55.1 Å². The predicted molar refractivity (Wildman–Crippen MR) is 165 cm³/mol. The van der Waals surface area contributed by atoms with Crippen molar-refractivity contribution in [2.75, 3.05) is 40.4 Å². The summed E-state index contributed by atoms with van der Waals surface area (Å²) in [5, 5.41) is 17.6. The lowest BCUT2D eigenvalue weighted by Crippen LogP contribution is -2.41. The number of unbranched alkanes of at least 4 members (excludes halogenated alkanes) is 26. The fourth-order valence-corrected chi connectivity index (χ4v) is 5.66. The molecule has 0 radical (unpaired) electrons. The summed E-state index contributed by atoms with van der Waals surface area (Å²) in [7, 11) is 4.89. The van der Waals surface area contributed by atoms with Gasteiger partial charge in [-0.05, 0) is 38.5 Å². The monoisotopic (exact) mass is 527 g/mol. The molecule has 224 valence electrons. The first-order valence-electron chi connectivity index (χ1n) is 17.2. The van der Waals surface area contributed by atoms with E-state index in [0.717, 1.165) is 12.8 Å². The zero-order valence-electron chi connectivity index (χ0n) is 26.0. The van der Waals surface area contributed by atoms with Crippen LogP contribution in [0, 0.1) is 0 Å². The molecule has 0 heterocycles. The summed E-state index contributed by atoms with van der Waals surface area (Å²) < 4.78 is 1.22. The largest absolute Gasteiger partial charge is 0.396 e. The second kappa shape index (κ2) is 30.4. The molecular weight excluding hydrogens is 454 g/mol. The van der Waals surface area contributed by atoms with E-state index < -0.39 is 0 Å². The van der Waals surface area contributed by atoms with Crippen molar-refractivity contribution in [3.05, 3.63) is 0 Å². The summed E-state index contributed by atoms with van der Waals surface area (Å²) in [5.74, 6) is 0. The van der Waals surface area contributed by atoms with Crippen molar-refractivity contribution >= 4 is 0 Å². The highest BCUT2D eigenvalue weighted by Gasteiger charge is 2.13. The summed E-state index contributed by atoms with van der Waals surface area (Å²) in [6.45, 7) is 3.46. The average molecular weight is 527 g/mol. The molecule has 3 nitrogen and oxygen atoms in total. The Labute approximate surface area is 234 Å². The Morgan fingerprint density at radius 2 is 0.432 bits per heavy atom. The van der Waals surface area contributed by atoms with Crippen molar-refractivity contribution in [1.82, 2.24) is 0 Å². The Morgan fingerprint density at radius 1 is 0.270 bits per heavy atom. The summed E-state index contributed by atoms with van der Waals surface area (Å²) in [6.07, 6.45) is 38.3. The van der Waals surface area contributed by atoms with Gasteiger partial charge in [0.05, 0.1) is 27.2 Å². The second-order valence-electron chi connectivity index (χ2n) is 12.7. The van der Waals surface area contributed by atoms with Gasteiger partial charge in [-0.15, -0.1) is 0 Å². The number of rotatable bonds is 32. The third-order valence-corrected chi connectivity index (χ3v) is 8.34. The van der Waals surface area contributed by atoms with E-state index in [1.165, 1.54) is 185 Å². The van der Waals surface area contributed by atoms with E-state index in [0.29, 0.717) is 13.2 Å². The van der Waals surface area contributed by atoms with Crippen molar-refractivity contribution in [2.45, 2.75) is 180 Å². The fraction of sp³-hybridized carbons (Fsp3) is 1.00. The molecule has 0 aromatic carbocycles. The highest BCUT2D eigenvalue weighted by Crippen LogP contribution is 2.15. The zero-order valence-corrected chi connectivity index (χ0v) is 26.0. The van der Waals surface area contributed by atoms with Crippen LogP contribution in [0.5, 0.6) is 0 Å². The van der Waals surface area contributed by atoms with Crippen LogP contribution in [0.4, 0.5) is 0 Å². The summed E-state index contributed by atoms with van der Waals surface area (Å²) in [6, 6.07) is 0. The topological polar surface area (TPSA) is 40.5 Å². The molecule has 0 aliphatic heterocycles. The Bertz CT molecular complexity index is 377. The maximum atomic E-state index is 8.79. The van der Waals surface area contributed by atoms with E-state index in [1.807, 2.05) is 0 Å². The van der Waals surface area contributed by atoms with Crippen molar-refractivity contribution in [3.8, 4) is 0 Å². The van der Waals surface area contributed by atoms with Gasteiger partial charge in [-0.3, -0.25) is 0 Å². The minimum atomic E-state index is 0.368. The van der Waals surface area contributed by atoms with E-state index in [4.69, 9.17) is 10.2 Å². The van der Waals surface area contributed by atoms with Crippen LogP contribution in [0.1, 0.15) is 180 Å². The van der Waals surface area contributed by atoms with E-state index in [2.05, 4.69) is 14.1 Å². The molecular formula is C34H72NO2+. The number of aliphatic hydroxyl groups excluding tert-OH is 2. The zero-order chi connectivity index (χ0) is 27.1. The van der Waals surface area contributed by atoms with Gasteiger partial charge < -0.3 is 14.7 Å². The van der Waals surface area contributed by atoms with Gasteiger partial charge in [0.2, 0.25) is 0 Å². The third kappa shape index (κ3) is 32.0. The maximum Gasteiger partial charge on any atom is 0.0782 e. The van der Waals surface area contributed by atoms with Gasteiger partial charge in [-0.25, -0.2) is 0 Å². The molecule has 0 aliphatic carbocycles. The smallest absolute Gasteiger partial charge is 0.0782 e. The van der Waals surface area contributed by atoms with Gasteiger partial charge in [0.1, 0.15) is 0 Å². The molecule has 3 heteroatoms. The fourth-order valence-electron chi connectivity index (χ4n) is 5.66. The molecule has 0 aliphatic rings. The lowest BCUT2D eigenvalue weighted by atomic mass is 10.0. The van der Waals surface area contributed by atoms with E-state index >= 15 is 0 Å². The minimum absolute atomic E-state index is 0.368. The van der Waals surface area contributed by atoms with Crippen molar-refractivity contribution < 1.29 is 14.7 Å². The summed E-state index contributed by atoms with van der Waals surface area (Å²) in [5.41, 5.74) is 0. The van der Waals surface area contributed by atoms with Gasteiger partial charge >= 0.3 is 0 Å². The molecule has 2 N–H and O–H groups in total. The Hall–Kier alpha value is -0.120. The van der Waals surface area contributed by atoms with Crippen LogP contribution in [-0.2, 0) is 0 Å². The maximum absolute atomic E-state index is 8.79. The van der Waals surface area contributed by atoms with Crippen molar-refractivity contribution in [2.24, 2.45) is 0 Å². The molecule has 0 aromatic heterocycles. The first-order valence-corrected chi connectivity index (χ1v) is 17.2. The SMILES string of the molecule is C[N+](C)(CCCCCCCCCCCCCCCCO)CCCCCCCCCCCCCCCCO. The first-order chi connectivity index (χ1) is 18.1. The number of aliphatic hydroxyl groups is 2. The molecule has 0 fully saturated rings. The minimum Gasteiger partial charge on any atom is -0.396 e. The standard InChI is InChI=1S/C34H72NO2/c1-35(2,31-27-23-19-15-11-7-3-5-9-13-17-21-25-29-33-36)32-28-24-20-16-12-8-4-6-10-14-18-22-26-30-34-37/h36-37H,3-34H2,1-2H3/q+1. The van der Waals surface area contributed by atoms with Crippen LogP contribution in [0.3, 0.4) is 0 Å². The number of hydrogen-bond donors (Lipinski definition) is 2. The first kappa shape index (κ1) is 36.9. The van der Waals surface area contributed by atoms with E-state index in [-0.39, 0.29) is 0 Å². The highest BCUT2D eigenvalue weighted by molar-refractivity contribution is 4.52. The second-order valence-corrected chi connectivity index (χ2v) is 12.7. The third-order valence-electron chi connectivity index (χ3n) is 8.34. The van der Waals surface area contributed by atoms with Gasteiger partial charge in [0, 0.05) is 13.2 Å². The molecule has 0 spiro atoms. The Balaban J connectivity index is 3.27. The van der Waals surface area contributed by atoms with Gasteiger partial charge in [-0.2, -0.15) is 0 Å². The van der Waals surface area contributed by atoms with Gasteiger partial charge in [0.15, 0.2) is 0 Å². The average Bonchev–Trinajstić information content (AvgIpc) is 2.88. The molecule has 0 amide bonds. The normalized spacial score (nSPS) is 12.0. The molecule has 0 saturated carbocycles. The van der Waals surface area contributed by atoms with Gasteiger partial charge in [-0.1, -0.05) is 141 Å². The van der Waals surface area contributed by atoms with Crippen molar-refractivity contribution in [3.63, 3.8) is 0 Å². The molecule has 0 rings (SSSR count). The lowest BCUT2D eigenvalue weighted by molar-refractivity contribution is -0.890. The molecule has 0 atom stereocenters. The molecule has 0 unspecified atom stereocenters. The molecule has 0 aromatic rings. The molecule has 0 saturated heterocycles. The number of nitrogens with zero attached hydrogens (tertiary/aromatic N) is 1. The summed E-state index contributed by atoms with van der Waals surface area (Å²) >= 11 is 0. The lowest BCUT2D eigenvalue weighted by Gasteiger charge is -2.30. The predicted octanol–water partition coefficient (Wildman–Crippen LogP) is 9.97. The quantitative estimate of drug-likeness (QED) is 0.0676. The van der Waals surface area contributed by atoms with Crippen LogP contribution >= 0.6 is 0 Å². The molecule has 0 bridgehead atoms. The van der Waals surface area contributed by atoms with Crippen LogP contribution in [0.25, 0.3) is 0 Å². The summed E-state index contributed by atoms with van der Waals surface area (Å²) in [4.78, 5) is 0. The van der Waals surface area contributed by atoms with Crippen LogP contribution in [0.15, 0.2) is 0 Å². The highest BCUT2D eigenvalue weighted by atomic mass is 16.3. The van der Waals surface area contributed by atoms with E-state index in [1.54, 1.807) is 0 Å².